The van der Waals surface area contributed by atoms with Crippen molar-refractivity contribution in [2.24, 2.45) is 0 Å². The molecule has 5 nitrogen and oxygen atoms in total. The molecule has 0 aliphatic carbocycles. The highest BCUT2D eigenvalue weighted by atomic mass is 32.2. The largest absolute Gasteiger partial charge is 0.467 e. The number of methoxy groups -OCH3 is 1. The van der Waals surface area contributed by atoms with Crippen LogP contribution in [0, 0.1) is 0 Å². The van der Waals surface area contributed by atoms with E-state index in [4.69, 9.17) is 0 Å². The minimum Gasteiger partial charge on any atom is -0.467 e. The Hall–Kier alpha value is -1.40. The van der Waals surface area contributed by atoms with Crippen molar-refractivity contribution in [3.05, 3.63) is 29.8 Å². The number of esters is 1. The monoisotopic (exact) mass is 244 g/mol. The maximum Gasteiger partial charge on any atom is 0.341 e. The Balaban J connectivity index is 0.00000128. The molecule has 1 atom stereocenters. The van der Waals surface area contributed by atoms with E-state index in [0.717, 1.165) is 0 Å². The molecule has 1 heterocycles. The molecule has 2 rings (SSSR count). The summed E-state index contributed by atoms with van der Waals surface area (Å²) in [4.78, 5) is 11.3. The molecule has 0 N–H and O–H groups in total. The summed E-state index contributed by atoms with van der Waals surface area (Å²) in [7, 11) is -2.63. The summed E-state index contributed by atoms with van der Waals surface area (Å²) < 4.78 is 32.0. The van der Waals surface area contributed by atoms with E-state index in [1.54, 1.807) is 12.1 Å². The lowest BCUT2D eigenvalue weighted by Gasteiger charge is -2.05. The zero-order chi connectivity index (χ0) is 11.1. The summed E-state index contributed by atoms with van der Waals surface area (Å²) in [6.45, 7) is 0. The summed E-state index contributed by atoms with van der Waals surface area (Å²) in [5.74, 6) is -0.719. The molecule has 0 aromatic heterocycles. The lowest BCUT2D eigenvalue weighted by molar-refractivity contribution is -0.148. The van der Waals surface area contributed by atoms with Gasteiger partial charge < -0.3 is 4.74 Å². The summed E-state index contributed by atoms with van der Waals surface area (Å²) in [5.41, 5.74) is 0.323. The molecule has 16 heavy (non-hydrogen) atoms. The molecular weight excluding hydrogens is 232 g/mol. The van der Waals surface area contributed by atoms with Crippen LogP contribution in [0.2, 0.25) is 0 Å². The number of carbonyl (C=O) groups excluding carboxylic acids is 1. The van der Waals surface area contributed by atoms with Crippen LogP contribution in [-0.4, -0.2) is 21.5 Å². The van der Waals surface area contributed by atoms with Gasteiger partial charge in [0.2, 0.25) is 6.10 Å². The van der Waals surface area contributed by atoms with Crippen molar-refractivity contribution in [2.75, 3.05) is 7.11 Å². The first-order valence-corrected chi connectivity index (χ1v) is 5.57. The number of fused-ring (bicyclic) bond motifs is 1. The van der Waals surface area contributed by atoms with E-state index >= 15 is 0 Å². The number of benzene rings is 1. The quantitative estimate of drug-likeness (QED) is 0.549. The maximum absolute atomic E-state index is 11.5. The molecule has 0 spiro atoms. The fourth-order valence-corrected chi connectivity index (χ4v) is 2.68. The van der Waals surface area contributed by atoms with Gasteiger partial charge in [-0.1, -0.05) is 25.6 Å². The van der Waals surface area contributed by atoms with Crippen LogP contribution >= 0.6 is 0 Å². The van der Waals surface area contributed by atoms with Crippen LogP contribution in [0.5, 0.6) is 0 Å². The van der Waals surface area contributed by atoms with E-state index in [9.17, 15) is 13.2 Å². The highest BCUT2D eigenvalue weighted by Crippen LogP contribution is 2.36. The summed E-state index contributed by atoms with van der Waals surface area (Å²) in [5, 5.41) is 0. The molecule has 0 fully saturated rings. The standard InChI is InChI=1S/C9H8O5S.CH4/c1-13-9(10)8-6-4-2-3-5-7(6)15(11,12)14-8;/h2-5,8H,1H3;1H4. The smallest absolute Gasteiger partial charge is 0.341 e. The topological polar surface area (TPSA) is 69.7 Å². The van der Waals surface area contributed by atoms with Gasteiger partial charge in [0.25, 0.3) is 10.1 Å². The minimum absolute atomic E-state index is 0. The van der Waals surface area contributed by atoms with Crippen LogP contribution in [0.3, 0.4) is 0 Å². The Kier molecular flexibility index (Phi) is 3.35. The van der Waals surface area contributed by atoms with Crippen molar-refractivity contribution in [1.29, 1.82) is 0 Å². The molecule has 1 unspecified atom stereocenters. The van der Waals surface area contributed by atoms with Gasteiger partial charge in [0, 0.05) is 5.56 Å². The van der Waals surface area contributed by atoms with Gasteiger partial charge in [0.1, 0.15) is 4.90 Å². The second-order valence-electron chi connectivity index (χ2n) is 2.99. The Morgan fingerprint density at radius 2 is 2.00 bits per heavy atom. The number of carbonyl (C=O) groups is 1. The van der Waals surface area contributed by atoms with Crippen molar-refractivity contribution in [3.63, 3.8) is 0 Å². The van der Waals surface area contributed by atoms with E-state index in [2.05, 4.69) is 8.92 Å². The van der Waals surface area contributed by atoms with Gasteiger partial charge in [-0.25, -0.2) is 8.98 Å². The second-order valence-corrected chi connectivity index (χ2v) is 4.53. The van der Waals surface area contributed by atoms with Crippen LogP contribution < -0.4 is 0 Å². The van der Waals surface area contributed by atoms with Gasteiger partial charge in [0.15, 0.2) is 0 Å². The van der Waals surface area contributed by atoms with Crippen molar-refractivity contribution < 1.29 is 22.1 Å². The van der Waals surface area contributed by atoms with Crippen LogP contribution in [0.25, 0.3) is 0 Å². The number of hydrogen-bond donors (Lipinski definition) is 0. The molecular formula is C10H12O5S. The third kappa shape index (κ3) is 1.81. The third-order valence-corrected chi connectivity index (χ3v) is 3.47. The van der Waals surface area contributed by atoms with Crippen molar-refractivity contribution >= 4 is 16.1 Å². The van der Waals surface area contributed by atoms with Crippen molar-refractivity contribution in [3.8, 4) is 0 Å². The molecule has 6 heteroatoms. The third-order valence-electron chi connectivity index (χ3n) is 2.11. The van der Waals surface area contributed by atoms with E-state index in [0.29, 0.717) is 5.56 Å². The SMILES string of the molecule is C.COC(=O)C1OS(=O)(=O)c2ccccc21. The first-order chi connectivity index (χ1) is 7.06. The van der Waals surface area contributed by atoms with Gasteiger partial charge in [0.05, 0.1) is 7.11 Å². The summed E-state index contributed by atoms with van der Waals surface area (Å²) in [6, 6.07) is 6.13. The van der Waals surface area contributed by atoms with Gasteiger partial charge in [-0.2, -0.15) is 8.42 Å². The molecule has 0 saturated carbocycles. The Bertz CT molecular complexity index is 506. The fraction of sp³-hybridized carbons (Fsp3) is 0.300. The average Bonchev–Trinajstić information content (AvgIpc) is 2.51. The van der Waals surface area contributed by atoms with Crippen LogP contribution in [0.1, 0.15) is 19.1 Å². The first-order valence-electron chi connectivity index (χ1n) is 4.16. The molecule has 1 aromatic rings. The van der Waals surface area contributed by atoms with Gasteiger partial charge in [-0.05, 0) is 6.07 Å². The summed E-state index contributed by atoms with van der Waals surface area (Å²) >= 11 is 0. The van der Waals surface area contributed by atoms with Crippen LogP contribution in [0.15, 0.2) is 29.2 Å². The number of ether oxygens (including phenoxy) is 1. The molecule has 1 aliphatic rings. The van der Waals surface area contributed by atoms with Gasteiger partial charge in [-0.3, -0.25) is 0 Å². The van der Waals surface area contributed by atoms with E-state index in [1.807, 2.05) is 0 Å². The molecule has 0 radical (unpaired) electrons. The Morgan fingerprint density at radius 3 is 2.62 bits per heavy atom. The zero-order valence-electron chi connectivity index (χ0n) is 7.84. The number of hydrogen-bond acceptors (Lipinski definition) is 5. The Morgan fingerprint density at radius 1 is 1.38 bits per heavy atom. The fourth-order valence-electron chi connectivity index (χ4n) is 1.43. The molecule has 88 valence electrons. The predicted octanol–water partition coefficient (Wildman–Crippen LogP) is 1.26. The molecule has 0 bridgehead atoms. The van der Waals surface area contributed by atoms with E-state index < -0.39 is 22.2 Å². The zero-order valence-corrected chi connectivity index (χ0v) is 8.65. The second kappa shape index (κ2) is 4.23. The highest BCUT2D eigenvalue weighted by molar-refractivity contribution is 7.87. The molecule has 1 aromatic carbocycles. The van der Waals surface area contributed by atoms with Gasteiger partial charge in [-0.15, -0.1) is 0 Å². The number of rotatable bonds is 1. The van der Waals surface area contributed by atoms with E-state index in [-0.39, 0.29) is 12.3 Å². The van der Waals surface area contributed by atoms with Crippen molar-refractivity contribution in [2.45, 2.75) is 18.4 Å². The van der Waals surface area contributed by atoms with Crippen molar-refractivity contribution in [1.82, 2.24) is 0 Å². The lowest BCUT2D eigenvalue weighted by atomic mass is 10.1. The molecule has 0 amide bonds. The average molecular weight is 244 g/mol. The Labute approximate surface area is 94.1 Å². The lowest BCUT2D eigenvalue weighted by Crippen LogP contribution is -2.14. The van der Waals surface area contributed by atoms with Crippen LogP contribution in [-0.2, 0) is 23.8 Å². The predicted molar refractivity (Wildman–Crippen MR) is 56.2 cm³/mol. The minimum atomic E-state index is -3.81. The van der Waals surface area contributed by atoms with Gasteiger partial charge >= 0.3 is 5.97 Å². The molecule has 1 aliphatic heterocycles. The van der Waals surface area contributed by atoms with Crippen LogP contribution in [0.4, 0.5) is 0 Å². The first kappa shape index (κ1) is 12.7. The highest BCUT2D eigenvalue weighted by Gasteiger charge is 2.40. The summed E-state index contributed by atoms with van der Waals surface area (Å²) in [6.07, 6.45) is -1.17. The maximum atomic E-state index is 11.5. The normalized spacial score (nSPS) is 20.7. The molecule has 0 saturated heterocycles. The van der Waals surface area contributed by atoms with E-state index in [1.165, 1.54) is 19.2 Å².